The predicted octanol–water partition coefficient (Wildman–Crippen LogP) is 3.91. The summed E-state index contributed by atoms with van der Waals surface area (Å²) in [4.78, 5) is 11.4. The molecular weight excluding hydrogens is 276 g/mol. The van der Waals surface area contributed by atoms with Gasteiger partial charge in [0.1, 0.15) is 5.75 Å². The summed E-state index contributed by atoms with van der Waals surface area (Å²) < 4.78 is 5.69. The quantitative estimate of drug-likeness (QED) is 0.775. The highest BCUT2D eigenvalue weighted by Gasteiger charge is 2.20. The highest BCUT2D eigenvalue weighted by molar-refractivity contribution is 5.84. The van der Waals surface area contributed by atoms with Crippen molar-refractivity contribution >= 4 is 16.7 Å². The van der Waals surface area contributed by atoms with Crippen LogP contribution < -0.4 is 4.74 Å². The first-order valence-electron chi connectivity index (χ1n) is 7.14. The van der Waals surface area contributed by atoms with Crippen LogP contribution in [0.15, 0.2) is 72.8 Å². The molecule has 1 atom stereocenters. The lowest BCUT2D eigenvalue weighted by atomic mass is 10.1. The third-order valence-electron chi connectivity index (χ3n) is 3.54. The number of carbonyl (C=O) groups is 1. The van der Waals surface area contributed by atoms with Gasteiger partial charge in [-0.25, -0.2) is 4.79 Å². The summed E-state index contributed by atoms with van der Waals surface area (Å²) in [6.07, 6.45) is -0.563. The van der Waals surface area contributed by atoms with Gasteiger partial charge < -0.3 is 9.84 Å². The lowest BCUT2D eigenvalue weighted by Crippen LogP contribution is -2.29. The summed E-state index contributed by atoms with van der Waals surface area (Å²) in [7, 11) is 0. The van der Waals surface area contributed by atoms with Crippen LogP contribution in [0.25, 0.3) is 10.8 Å². The molecule has 3 heteroatoms. The first-order chi connectivity index (χ1) is 10.7. The Labute approximate surface area is 128 Å². The van der Waals surface area contributed by atoms with Gasteiger partial charge in [-0.3, -0.25) is 0 Å². The molecule has 0 aromatic heterocycles. The highest BCUT2D eigenvalue weighted by atomic mass is 16.5. The van der Waals surface area contributed by atoms with Crippen molar-refractivity contribution in [2.75, 3.05) is 0 Å². The van der Waals surface area contributed by atoms with Gasteiger partial charge in [0.05, 0.1) is 0 Å². The van der Waals surface area contributed by atoms with Gasteiger partial charge in [-0.15, -0.1) is 0 Å². The summed E-state index contributed by atoms with van der Waals surface area (Å²) in [5.74, 6) is -0.390. The van der Waals surface area contributed by atoms with Crippen molar-refractivity contribution < 1.29 is 14.6 Å². The van der Waals surface area contributed by atoms with Crippen LogP contribution >= 0.6 is 0 Å². The van der Waals surface area contributed by atoms with Gasteiger partial charge in [0.25, 0.3) is 0 Å². The Morgan fingerprint density at radius 2 is 1.59 bits per heavy atom. The van der Waals surface area contributed by atoms with E-state index in [0.29, 0.717) is 12.2 Å². The van der Waals surface area contributed by atoms with E-state index in [0.717, 1.165) is 16.3 Å². The number of ether oxygens (including phenoxy) is 1. The van der Waals surface area contributed by atoms with E-state index in [1.54, 1.807) is 0 Å². The zero-order chi connectivity index (χ0) is 15.4. The lowest BCUT2D eigenvalue weighted by molar-refractivity contribution is -0.145. The maximum absolute atomic E-state index is 11.4. The van der Waals surface area contributed by atoms with Crippen molar-refractivity contribution in [3.63, 3.8) is 0 Å². The zero-order valence-corrected chi connectivity index (χ0v) is 12.0. The van der Waals surface area contributed by atoms with Gasteiger partial charge in [0.2, 0.25) is 0 Å². The van der Waals surface area contributed by atoms with E-state index >= 15 is 0 Å². The number of hydrogen-bond donors (Lipinski definition) is 1. The molecule has 0 aliphatic rings. The number of hydrogen-bond acceptors (Lipinski definition) is 2. The SMILES string of the molecule is O=C(O)[C@H](Cc1ccccc1)Oc1ccc2ccccc2c1. The molecule has 3 aromatic rings. The number of fused-ring (bicyclic) bond motifs is 1. The van der Waals surface area contributed by atoms with Crippen molar-refractivity contribution in [2.45, 2.75) is 12.5 Å². The molecule has 3 aromatic carbocycles. The Bertz CT molecular complexity index is 781. The average Bonchev–Trinajstić information content (AvgIpc) is 2.55. The van der Waals surface area contributed by atoms with Crippen LogP contribution in [-0.2, 0) is 11.2 Å². The Hall–Kier alpha value is -2.81. The summed E-state index contributed by atoms with van der Waals surface area (Å²) in [5, 5.41) is 11.5. The molecule has 3 rings (SSSR count). The second kappa shape index (κ2) is 6.31. The Morgan fingerprint density at radius 3 is 2.32 bits per heavy atom. The number of benzene rings is 3. The molecular formula is C19H16O3. The van der Waals surface area contributed by atoms with E-state index in [4.69, 9.17) is 4.74 Å². The Kier molecular flexibility index (Phi) is 4.05. The maximum atomic E-state index is 11.4. The first kappa shape index (κ1) is 14.1. The monoisotopic (exact) mass is 292 g/mol. The third kappa shape index (κ3) is 3.26. The topological polar surface area (TPSA) is 46.5 Å². The molecule has 0 heterocycles. The smallest absolute Gasteiger partial charge is 0.345 e. The fraction of sp³-hybridized carbons (Fsp3) is 0.105. The molecule has 22 heavy (non-hydrogen) atoms. The summed E-state index contributed by atoms with van der Waals surface area (Å²) in [6.45, 7) is 0. The van der Waals surface area contributed by atoms with Crippen LogP contribution in [0.1, 0.15) is 5.56 Å². The minimum absolute atomic E-state index is 0.336. The van der Waals surface area contributed by atoms with E-state index in [2.05, 4.69) is 0 Å². The Morgan fingerprint density at radius 1 is 0.909 bits per heavy atom. The van der Waals surface area contributed by atoms with Gasteiger partial charge >= 0.3 is 5.97 Å². The standard InChI is InChI=1S/C19H16O3/c20-19(21)18(12-14-6-2-1-3-7-14)22-17-11-10-15-8-4-5-9-16(15)13-17/h1-11,13,18H,12H2,(H,20,21)/t18-/m0/s1. The fourth-order valence-corrected chi connectivity index (χ4v) is 2.41. The molecule has 0 aliphatic heterocycles. The minimum atomic E-state index is -0.961. The molecule has 0 spiro atoms. The molecule has 1 N–H and O–H groups in total. The highest BCUT2D eigenvalue weighted by Crippen LogP contribution is 2.22. The maximum Gasteiger partial charge on any atom is 0.345 e. The molecule has 0 bridgehead atoms. The van der Waals surface area contributed by atoms with E-state index in [1.165, 1.54) is 0 Å². The van der Waals surface area contributed by atoms with Crippen LogP contribution in [0.4, 0.5) is 0 Å². The van der Waals surface area contributed by atoms with Crippen molar-refractivity contribution in [3.05, 3.63) is 78.4 Å². The number of aliphatic carboxylic acids is 1. The van der Waals surface area contributed by atoms with Gasteiger partial charge in [-0.1, -0.05) is 60.7 Å². The van der Waals surface area contributed by atoms with E-state index < -0.39 is 12.1 Å². The first-order valence-corrected chi connectivity index (χ1v) is 7.14. The predicted molar refractivity (Wildman–Crippen MR) is 86.1 cm³/mol. The minimum Gasteiger partial charge on any atom is -0.478 e. The summed E-state index contributed by atoms with van der Waals surface area (Å²) in [6, 6.07) is 23.0. The molecule has 0 fully saturated rings. The van der Waals surface area contributed by atoms with Gasteiger partial charge in [0.15, 0.2) is 6.10 Å². The molecule has 0 amide bonds. The number of rotatable bonds is 5. The summed E-state index contributed by atoms with van der Waals surface area (Å²) >= 11 is 0. The van der Waals surface area contributed by atoms with E-state index in [9.17, 15) is 9.90 Å². The van der Waals surface area contributed by atoms with Crippen molar-refractivity contribution in [1.29, 1.82) is 0 Å². The van der Waals surface area contributed by atoms with Crippen LogP contribution in [0.3, 0.4) is 0 Å². The zero-order valence-electron chi connectivity index (χ0n) is 12.0. The van der Waals surface area contributed by atoms with Gasteiger partial charge in [-0.05, 0) is 28.5 Å². The van der Waals surface area contributed by atoms with Crippen molar-refractivity contribution in [3.8, 4) is 5.75 Å². The molecule has 0 saturated heterocycles. The second-order valence-electron chi connectivity index (χ2n) is 5.14. The second-order valence-corrected chi connectivity index (χ2v) is 5.14. The van der Waals surface area contributed by atoms with Crippen LogP contribution in [0, 0.1) is 0 Å². The van der Waals surface area contributed by atoms with Gasteiger partial charge in [0, 0.05) is 6.42 Å². The summed E-state index contributed by atoms with van der Waals surface area (Å²) in [5.41, 5.74) is 0.940. The average molecular weight is 292 g/mol. The molecule has 0 unspecified atom stereocenters. The normalized spacial score (nSPS) is 12.0. The fourth-order valence-electron chi connectivity index (χ4n) is 2.41. The van der Waals surface area contributed by atoms with E-state index in [-0.39, 0.29) is 0 Å². The van der Waals surface area contributed by atoms with Crippen molar-refractivity contribution in [1.82, 2.24) is 0 Å². The molecule has 0 radical (unpaired) electrons. The molecule has 110 valence electrons. The van der Waals surface area contributed by atoms with Crippen LogP contribution in [-0.4, -0.2) is 17.2 Å². The van der Waals surface area contributed by atoms with Crippen LogP contribution in [0.2, 0.25) is 0 Å². The molecule has 0 saturated carbocycles. The van der Waals surface area contributed by atoms with Crippen LogP contribution in [0.5, 0.6) is 5.75 Å². The lowest BCUT2D eigenvalue weighted by Gasteiger charge is -2.15. The number of carboxylic acids is 1. The van der Waals surface area contributed by atoms with Crippen molar-refractivity contribution in [2.24, 2.45) is 0 Å². The largest absolute Gasteiger partial charge is 0.478 e. The molecule has 0 aliphatic carbocycles. The van der Waals surface area contributed by atoms with E-state index in [1.807, 2.05) is 72.8 Å². The Balaban J connectivity index is 1.81. The molecule has 3 nitrogen and oxygen atoms in total. The third-order valence-corrected chi connectivity index (χ3v) is 3.54. The van der Waals surface area contributed by atoms with Gasteiger partial charge in [-0.2, -0.15) is 0 Å². The number of carboxylic acid groups (broad SMARTS) is 1.